The van der Waals surface area contributed by atoms with E-state index in [1.54, 1.807) is 10.7 Å². The molecule has 202 valence electrons. The van der Waals surface area contributed by atoms with E-state index in [2.05, 4.69) is 0 Å². The van der Waals surface area contributed by atoms with Gasteiger partial charge in [-0.25, -0.2) is 4.68 Å². The van der Waals surface area contributed by atoms with Gasteiger partial charge in [0.1, 0.15) is 11.2 Å². The summed E-state index contributed by atoms with van der Waals surface area (Å²) in [5.74, 6) is 0. The normalized spacial score (nSPS) is 12.0. The molecule has 1 heterocycles. The van der Waals surface area contributed by atoms with Crippen molar-refractivity contribution < 1.29 is 18.1 Å². The van der Waals surface area contributed by atoms with Crippen LogP contribution < -0.4 is 0 Å². The molecular weight excluding hydrogens is 527 g/mol. The average molecular weight is 550 g/mol. The SMILES string of the molecule is O=[N+]([O-])c1ccc2c(c1)c(-c1cccc(C(F)(F)F)c1)nn2C(c1ccccc1)(c1ccccc1)c1ccccc1. The number of alkyl halides is 3. The third-order valence-electron chi connectivity index (χ3n) is 7.23. The topological polar surface area (TPSA) is 61.0 Å². The molecule has 0 aliphatic rings. The van der Waals surface area contributed by atoms with Crippen LogP contribution in [0.4, 0.5) is 18.9 Å². The van der Waals surface area contributed by atoms with Crippen LogP contribution in [0.2, 0.25) is 0 Å². The Bertz CT molecular complexity index is 1760. The van der Waals surface area contributed by atoms with Gasteiger partial charge < -0.3 is 0 Å². The molecule has 0 saturated heterocycles. The van der Waals surface area contributed by atoms with Gasteiger partial charge in [-0.2, -0.15) is 18.3 Å². The number of nitro groups is 1. The maximum Gasteiger partial charge on any atom is 0.416 e. The Hall–Kier alpha value is -5.24. The standard InChI is InChI=1S/C33H22F3N3O2/c34-33(35,36)27-18-10-11-23(21-27)31-29-22-28(39(40)41)19-20-30(29)38(37-31)32(24-12-4-1-5-13-24,25-14-6-2-7-15-25)26-16-8-3-9-17-26/h1-22H. The second-order valence-electron chi connectivity index (χ2n) is 9.61. The van der Waals surface area contributed by atoms with Gasteiger partial charge in [-0.3, -0.25) is 10.1 Å². The number of rotatable bonds is 6. The Balaban J connectivity index is 1.78. The summed E-state index contributed by atoms with van der Waals surface area (Å²) in [6, 6.07) is 38.3. The number of halogens is 3. The summed E-state index contributed by atoms with van der Waals surface area (Å²) in [5, 5.41) is 17.2. The van der Waals surface area contributed by atoms with Crippen LogP contribution in [0, 0.1) is 10.1 Å². The number of non-ortho nitro benzene ring substituents is 1. The molecule has 0 amide bonds. The molecular formula is C33H22F3N3O2. The van der Waals surface area contributed by atoms with Crippen molar-refractivity contribution in [3.05, 3.63) is 166 Å². The van der Waals surface area contributed by atoms with Crippen LogP contribution in [0.15, 0.2) is 133 Å². The lowest BCUT2D eigenvalue weighted by atomic mass is 9.77. The largest absolute Gasteiger partial charge is 0.416 e. The third kappa shape index (κ3) is 4.43. The highest BCUT2D eigenvalue weighted by Crippen LogP contribution is 2.44. The first-order chi connectivity index (χ1) is 19.8. The molecule has 0 aliphatic heterocycles. The fourth-order valence-electron chi connectivity index (χ4n) is 5.44. The van der Waals surface area contributed by atoms with Crippen LogP contribution >= 0.6 is 0 Å². The van der Waals surface area contributed by atoms with Crippen LogP contribution in [0.1, 0.15) is 22.3 Å². The molecule has 6 rings (SSSR count). The molecule has 0 saturated carbocycles. The van der Waals surface area contributed by atoms with Gasteiger partial charge in [0.2, 0.25) is 0 Å². The lowest BCUT2D eigenvalue weighted by Gasteiger charge is -2.37. The van der Waals surface area contributed by atoms with Crippen molar-refractivity contribution in [3.8, 4) is 11.3 Å². The smallest absolute Gasteiger partial charge is 0.258 e. The number of nitrogens with zero attached hydrogens (tertiary/aromatic N) is 3. The van der Waals surface area contributed by atoms with E-state index in [9.17, 15) is 23.3 Å². The molecule has 0 bridgehead atoms. The highest BCUT2D eigenvalue weighted by Gasteiger charge is 2.41. The number of benzene rings is 5. The molecule has 5 aromatic carbocycles. The molecule has 0 fully saturated rings. The van der Waals surface area contributed by atoms with Crippen molar-refractivity contribution in [2.45, 2.75) is 11.7 Å². The second-order valence-corrected chi connectivity index (χ2v) is 9.61. The molecule has 8 heteroatoms. The van der Waals surface area contributed by atoms with Crippen molar-refractivity contribution in [1.29, 1.82) is 0 Å². The molecule has 0 unspecified atom stereocenters. The Kier molecular flexibility index (Phi) is 6.38. The Morgan fingerprint density at radius 1 is 0.634 bits per heavy atom. The van der Waals surface area contributed by atoms with Gasteiger partial charge in [-0.15, -0.1) is 0 Å². The van der Waals surface area contributed by atoms with Gasteiger partial charge in [0.25, 0.3) is 5.69 Å². The van der Waals surface area contributed by atoms with Crippen molar-refractivity contribution in [2.75, 3.05) is 0 Å². The molecule has 41 heavy (non-hydrogen) atoms. The first kappa shape index (κ1) is 26.0. The maximum absolute atomic E-state index is 13.7. The molecule has 0 aliphatic carbocycles. The van der Waals surface area contributed by atoms with Crippen molar-refractivity contribution >= 4 is 16.6 Å². The first-order valence-corrected chi connectivity index (χ1v) is 12.8. The average Bonchev–Trinajstić information content (AvgIpc) is 3.38. The van der Waals surface area contributed by atoms with E-state index in [1.807, 2.05) is 91.0 Å². The van der Waals surface area contributed by atoms with Crippen LogP contribution in [0.5, 0.6) is 0 Å². The Morgan fingerprint density at radius 2 is 1.15 bits per heavy atom. The van der Waals surface area contributed by atoms with Gasteiger partial charge in [0.15, 0.2) is 0 Å². The van der Waals surface area contributed by atoms with Crippen LogP contribution in [0.25, 0.3) is 22.2 Å². The van der Waals surface area contributed by atoms with Gasteiger partial charge in [0.05, 0.1) is 16.0 Å². The highest BCUT2D eigenvalue weighted by atomic mass is 19.4. The summed E-state index contributed by atoms with van der Waals surface area (Å²) < 4.78 is 42.9. The predicted molar refractivity (Wildman–Crippen MR) is 151 cm³/mol. The summed E-state index contributed by atoms with van der Waals surface area (Å²) in [6.45, 7) is 0. The van der Waals surface area contributed by atoms with E-state index >= 15 is 0 Å². The van der Waals surface area contributed by atoms with Crippen LogP contribution in [-0.2, 0) is 11.7 Å². The molecule has 0 atom stereocenters. The zero-order valence-corrected chi connectivity index (χ0v) is 21.5. The second kappa shape index (κ2) is 10.1. The zero-order chi connectivity index (χ0) is 28.6. The number of hydrogen-bond acceptors (Lipinski definition) is 3. The molecule has 0 radical (unpaired) electrons. The lowest BCUT2D eigenvalue weighted by Crippen LogP contribution is -2.38. The fraction of sp³-hybridized carbons (Fsp3) is 0.0606. The van der Waals surface area contributed by atoms with E-state index in [-0.39, 0.29) is 16.9 Å². The van der Waals surface area contributed by atoms with Crippen molar-refractivity contribution in [3.63, 3.8) is 0 Å². The molecule has 1 aromatic heterocycles. The van der Waals surface area contributed by atoms with Crippen molar-refractivity contribution in [1.82, 2.24) is 9.78 Å². The highest BCUT2D eigenvalue weighted by molar-refractivity contribution is 5.95. The van der Waals surface area contributed by atoms with Crippen LogP contribution in [0.3, 0.4) is 0 Å². The minimum absolute atomic E-state index is 0.185. The van der Waals surface area contributed by atoms with Crippen molar-refractivity contribution in [2.24, 2.45) is 0 Å². The van der Waals surface area contributed by atoms with Crippen LogP contribution in [-0.4, -0.2) is 14.7 Å². The van der Waals surface area contributed by atoms with Gasteiger partial charge in [-0.05, 0) is 34.9 Å². The van der Waals surface area contributed by atoms with Gasteiger partial charge in [0, 0.05) is 23.1 Å². The summed E-state index contributed by atoms with van der Waals surface area (Å²) in [4.78, 5) is 11.3. The quantitative estimate of drug-likeness (QED) is 0.119. The Labute approximate surface area is 233 Å². The molecule has 6 aromatic rings. The Morgan fingerprint density at radius 3 is 1.63 bits per heavy atom. The minimum atomic E-state index is -4.57. The van der Waals surface area contributed by atoms with E-state index in [4.69, 9.17) is 5.10 Å². The van der Waals surface area contributed by atoms with Gasteiger partial charge >= 0.3 is 6.18 Å². The summed E-state index contributed by atoms with van der Waals surface area (Å²) in [5.41, 5.74) is 1.42. The monoisotopic (exact) mass is 549 g/mol. The summed E-state index contributed by atoms with van der Waals surface area (Å²) in [6.07, 6.45) is -4.57. The lowest BCUT2D eigenvalue weighted by molar-refractivity contribution is -0.384. The maximum atomic E-state index is 13.7. The van der Waals surface area contributed by atoms with E-state index in [1.165, 1.54) is 24.3 Å². The van der Waals surface area contributed by atoms with E-state index in [0.29, 0.717) is 10.9 Å². The number of fused-ring (bicyclic) bond motifs is 1. The molecule has 5 nitrogen and oxygen atoms in total. The minimum Gasteiger partial charge on any atom is -0.258 e. The summed E-state index contributed by atoms with van der Waals surface area (Å²) in [7, 11) is 0. The number of aromatic nitrogens is 2. The first-order valence-electron chi connectivity index (χ1n) is 12.8. The predicted octanol–water partition coefficient (Wildman–Crippen LogP) is 8.47. The molecule has 0 spiro atoms. The fourth-order valence-corrected chi connectivity index (χ4v) is 5.44. The van der Waals surface area contributed by atoms with E-state index < -0.39 is 22.2 Å². The third-order valence-corrected chi connectivity index (χ3v) is 7.23. The van der Waals surface area contributed by atoms with E-state index in [0.717, 1.165) is 28.8 Å². The zero-order valence-electron chi connectivity index (χ0n) is 21.5. The number of hydrogen-bond donors (Lipinski definition) is 0. The number of nitro benzene ring substituents is 1. The molecule has 0 N–H and O–H groups in total. The summed E-state index contributed by atoms with van der Waals surface area (Å²) >= 11 is 0. The van der Waals surface area contributed by atoms with Gasteiger partial charge in [-0.1, -0.05) is 103 Å².